The summed E-state index contributed by atoms with van der Waals surface area (Å²) >= 11 is 0. The van der Waals surface area contributed by atoms with Crippen LogP contribution in [0.5, 0.6) is 0 Å². The molecular formula is C9H13NO2. The fourth-order valence-electron chi connectivity index (χ4n) is 1.96. The molecule has 1 aliphatic carbocycles. The minimum absolute atomic E-state index is 0.101. The highest BCUT2D eigenvalue weighted by molar-refractivity contribution is 6.01. The van der Waals surface area contributed by atoms with Crippen molar-refractivity contribution in [3.8, 4) is 0 Å². The third kappa shape index (κ3) is 1.24. The Balaban J connectivity index is 1.97. The molecule has 0 bridgehead atoms. The van der Waals surface area contributed by atoms with Crippen LogP contribution in [0.25, 0.3) is 0 Å². The van der Waals surface area contributed by atoms with E-state index in [0.29, 0.717) is 12.5 Å². The van der Waals surface area contributed by atoms with Crippen molar-refractivity contribution in [2.45, 2.75) is 25.7 Å². The molecular weight excluding hydrogens is 154 g/mol. The Morgan fingerprint density at radius 3 is 2.50 bits per heavy atom. The van der Waals surface area contributed by atoms with Crippen LogP contribution >= 0.6 is 0 Å². The third-order valence-corrected chi connectivity index (χ3v) is 2.99. The van der Waals surface area contributed by atoms with Crippen molar-refractivity contribution in [1.29, 1.82) is 0 Å². The van der Waals surface area contributed by atoms with Gasteiger partial charge in [-0.2, -0.15) is 0 Å². The molecule has 0 radical (unpaired) electrons. The first-order valence-electron chi connectivity index (χ1n) is 4.57. The van der Waals surface area contributed by atoms with E-state index in [2.05, 4.69) is 5.32 Å². The second kappa shape index (κ2) is 2.88. The number of piperidine rings is 1. The van der Waals surface area contributed by atoms with Gasteiger partial charge >= 0.3 is 0 Å². The summed E-state index contributed by atoms with van der Waals surface area (Å²) in [5, 5.41) is 2.75. The predicted octanol–water partition coefficient (Wildman–Crippen LogP) is 0.492. The molecule has 1 N–H and O–H groups in total. The highest BCUT2D eigenvalue weighted by Crippen LogP contribution is 2.34. The summed E-state index contributed by atoms with van der Waals surface area (Å²) < 4.78 is 0. The molecule has 1 aliphatic heterocycles. The summed E-state index contributed by atoms with van der Waals surface area (Å²) in [6.07, 6.45) is 3.71. The van der Waals surface area contributed by atoms with Gasteiger partial charge in [-0.15, -0.1) is 0 Å². The summed E-state index contributed by atoms with van der Waals surface area (Å²) in [4.78, 5) is 22.2. The minimum atomic E-state index is -0.101. The van der Waals surface area contributed by atoms with Crippen LogP contribution in [-0.2, 0) is 9.59 Å². The quantitative estimate of drug-likeness (QED) is 0.578. The van der Waals surface area contributed by atoms with Crippen molar-refractivity contribution in [3.05, 3.63) is 0 Å². The van der Waals surface area contributed by atoms with Crippen molar-refractivity contribution in [1.82, 2.24) is 5.32 Å². The summed E-state index contributed by atoms with van der Waals surface area (Å²) in [5.74, 6) is 0.758. The molecule has 3 nitrogen and oxygen atoms in total. The zero-order chi connectivity index (χ0) is 8.55. The number of nitrogens with one attached hydrogen (secondary N) is 1. The van der Waals surface area contributed by atoms with Crippen LogP contribution < -0.4 is 5.32 Å². The molecule has 66 valence electrons. The summed E-state index contributed by atoms with van der Waals surface area (Å²) in [7, 11) is 0. The first kappa shape index (κ1) is 7.77. The van der Waals surface area contributed by atoms with Gasteiger partial charge in [-0.05, 0) is 18.8 Å². The normalized spacial score (nSPS) is 31.2. The van der Waals surface area contributed by atoms with E-state index in [-0.39, 0.29) is 24.0 Å². The lowest BCUT2D eigenvalue weighted by Crippen LogP contribution is -2.45. The monoisotopic (exact) mass is 167 g/mol. The number of ketones is 1. The van der Waals surface area contributed by atoms with Gasteiger partial charge in [0.2, 0.25) is 5.91 Å². The molecule has 0 spiro atoms. The molecule has 1 saturated carbocycles. The van der Waals surface area contributed by atoms with Gasteiger partial charge in [0.1, 0.15) is 5.78 Å². The lowest BCUT2D eigenvalue weighted by atomic mass is 9.72. The maximum atomic E-state index is 11.4. The van der Waals surface area contributed by atoms with Crippen molar-refractivity contribution in [2.24, 2.45) is 11.8 Å². The molecule has 12 heavy (non-hydrogen) atoms. The van der Waals surface area contributed by atoms with Crippen molar-refractivity contribution in [3.63, 3.8) is 0 Å². The average Bonchev–Trinajstić information content (AvgIpc) is 1.91. The van der Waals surface area contributed by atoms with E-state index in [1.807, 2.05) is 0 Å². The molecule has 3 heteroatoms. The van der Waals surface area contributed by atoms with Crippen LogP contribution in [0.4, 0.5) is 0 Å². The van der Waals surface area contributed by atoms with Crippen molar-refractivity contribution >= 4 is 11.7 Å². The topological polar surface area (TPSA) is 46.2 Å². The van der Waals surface area contributed by atoms with Crippen LogP contribution in [-0.4, -0.2) is 18.2 Å². The van der Waals surface area contributed by atoms with E-state index in [1.54, 1.807) is 0 Å². The number of amides is 1. The van der Waals surface area contributed by atoms with Crippen LogP contribution in [0.15, 0.2) is 0 Å². The maximum Gasteiger partial charge on any atom is 0.227 e. The van der Waals surface area contributed by atoms with Crippen molar-refractivity contribution < 1.29 is 9.59 Å². The Morgan fingerprint density at radius 2 is 2.00 bits per heavy atom. The van der Waals surface area contributed by atoms with Gasteiger partial charge in [0, 0.05) is 12.5 Å². The number of hydrogen-bond donors (Lipinski definition) is 1. The number of rotatable bonds is 1. The van der Waals surface area contributed by atoms with E-state index >= 15 is 0 Å². The average molecular weight is 167 g/mol. The lowest BCUT2D eigenvalue weighted by Gasteiger charge is -2.34. The molecule has 1 unspecified atom stereocenters. The zero-order valence-corrected chi connectivity index (χ0v) is 7.01. The van der Waals surface area contributed by atoms with E-state index in [4.69, 9.17) is 0 Å². The number of carbonyl (C=O) groups is 2. The van der Waals surface area contributed by atoms with Crippen LogP contribution in [0.1, 0.15) is 25.7 Å². The van der Waals surface area contributed by atoms with Crippen molar-refractivity contribution in [2.75, 3.05) is 6.54 Å². The predicted molar refractivity (Wildman–Crippen MR) is 43.5 cm³/mol. The molecule has 1 atom stereocenters. The van der Waals surface area contributed by atoms with Gasteiger partial charge in [-0.1, -0.05) is 6.42 Å². The Kier molecular flexibility index (Phi) is 1.87. The van der Waals surface area contributed by atoms with Gasteiger partial charge in [-0.3, -0.25) is 9.59 Å². The van der Waals surface area contributed by atoms with Gasteiger partial charge in [0.05, 0.1) is 6.42 Å². The molecule has 1 saturated heterocycles. The zero-order valence-electron chi connectivity index (χ0n) is 7.01. The van der Waals surface area contributed by atoms with Crippen LogP contribution in [0.3, 0.4) is 0 Å². The second-order valence-corrected chi connectivity index (χ2v) is 3.74. The Bertz CT molecular complexity index is 221. The Labute approximate surface area is 71.5 Å². The van der Waals surface area contributed by atoms with E-state index in [0.717, 1.165) is 0 Å². The molecule has 0 aromatic rings. The highest BCUT2D eigenvalue weighted by Gasteiger charge is 2.35. The second-order valence-electron chi connectivity index (χ2n) is 3.74. The van der Waals surface area contributed by atoms with Crippen LogP contribution in [0.2, 0.25) is 0 Å². The van der Waals surface area contributed by atoms with Gasteiger partial charge in [0.15, 0.2) is 0 Å². The number of hydrogen-bond acceptors (Lipinski definition) is 2. The molecule has 0 aromatic heterocycles. The van der Waals surface area contributed by atoms with Gasteiger partial charge in [-0.25, -0.2) is 0 Å². The maximum absolute atomic E-state index is 11.4. The summed E-state index contributed by atoms with van der Waals surface area (Å²) in [6, 6.07) is 0. The smallest absolute Gasteiger partial charge is 0.227 e. The molecule has 2 rings (SSSR count). The molecule has 0 aromatic carbocycles. The number of Topliss-reactive ketones (excluding diaryl/α,β-unsaturated/α-hetero) is 1. The third-order valence-electron chi connectivity index (χ3n) is 2.99. The standard InChI is InChI=1S/C9H13NO2/c11-8-4-9(12)10-5-7(8)6-2-1-3-6/h6-7H,1-5H2,(H,10,12). The summed E-state index contributed by atoms with van der Waals surface area (Å²) in [6.45, 7) is 0.586. The van der Waals surface area contributed by atoms with Gasteiger partial charge in [0.25, 0.3) is 0 Å². The fourth-order valence-corrected chi connectivity index (χ4v) is 1.96. The van der Waals surface area contributed by atoms with Crippen LogP contribution in [0, 0.1) is 11.8 Å². The first-order valence-corrected chi connectivity index (χ1v) is 4.57. The molecule has 2 fully saturated rings. The number of carbonyl (C=O) groups excluding carboxylic acids is 2. The SMILES string of the molecule is O=C1CC(=O)C(C2CCC2)CN1. The fraction of sp³-hybridized carbons (Fsp3) is 0.778. The molecule has 1 heterocycles. The van der Waals surface area contributed by atoms with E-state index < -0.39 is 0 Å². The molecule has 2 aliphatic rings. The highest BCUT2D eigenvalue weighted by atomic mass is 16.2. The van der Waals surface area contributed by atoms with E-state index in [9.17, 15) is 9.59 Å². The first-order chi connectivity index (χ1) is 5.77. The lowest BCUT2D eigenvalue weighted by molar-refractivity contribution is -0.135. The van der Waals surface area contributed by atoms with Gasteiger partial charge < -0.3 is 5.32 Å². The largest absolute Gasteiger partial charge is 0.355 e. The summed E-state index contributed by atoms with van der Waals surface area (Å²) in [5.41, 5.74) is 0. The Morgan fingerprint density at radius 1 is 1.25 bits per heavy atom. The Hall–Kier alpha value is -0.860. The van der Waals surface area contributed by atoms with E-state index in [1.165, 1.54) is 19.3 Å². The minimum Gasteiger partial charge on any atom is -0.355 e. The molecule has 1 amide bonds.